The number of nitrogens with zero attached hydrogens (tertiary/aromatic N) is 1. The number of thiazole rings is 1. The van der Waals surface area contributed by atoms with Crippen LogP contribution in [0.15, 0.2) is 29.1 Å². The van der Waals surface area contributed by atoms with E-state index >= 15 is 0 Å². The Bertz CT molecular complexity index is 807. The Morgan fingerprint density at radius 3 is 2.57 bits per heavy atom. The van der Waals surface area contributed by atoms with Crippen molar-refractivity contribution in [1.29, 1.82) is 0 Å². The second-order valence-corrected chi connectivity index (χ2v) is 6.11. The Morgan fingerprint density at radius 1 is 1.35 bits per heavy atom. The highest BCUT2D eigenvalue weighted by molar-refractivity contribution is 7.11. The van der Waals surface area contributed by atoms with Crippen molar-refractivity contribution in [3.63, 3.8) is 0 Å². The third kappa shape index (κ3) is 3.34. The minimum Gasteiger partial charge on any atom is -0.477 e. The number of aromatic nitrogens is 1. The molecule has 23 heavy (non-hydrogen) atoms. The first-order valence-corrected chi connectivity index (χ1v) is 8.02. The fourth-order valence-corrected chi connectivity index (χ4v) is 3.36. The average Bonchev–Trinajstić information content (AvgIpc) is 2.85. The summed E-state index contributed by atoms with van der Waals surface area (Å²) in [6, 6.07) is 6.54. The summed E-state index contributed by atoms with van der Waals surface area (Å²) in [5.41, 5.74) is 1.96. The van der Waals surface area contributed by atoms with Gasteiger partial charge in [0.15, 0.2) is 0 Å². The van der Waals surface area contributed by atoms with Gasteiger partial charge in [-0.15, -0.1) is 0 Å². The van der Waals surface area contributed by atoms with Crippen molar-refractivity contribution in [3.05, 3.63) is 50.1 Å². The Hall–Kier alpha value is -2.41. The smallest absolute Gasteiger partial charge is 0.347 e. The zero-order valence-electron chi connectivity index (χ0n) is 13.1. The van der Waals surface area contributed by atoms with E-state index in [9.17, 15) is 19.5 Å². The summed E-state index contributed by atoms with van der Waals surface area (Å²) in [7, 11) is 0. The van der Waals surface area contributed by atoms with E-state index in [4.69, 9.17) is 0 Å². The molecular weight excluding hydrogens is 316 g/mol. The number of hydrogen-bond acceptors (Lipinski definition) is 4. The number of rotatable bonds is 5. The van der Waals surface area contributed by atoms with E-state index in [-0.39, 0.29) is 10.8 Å². The second-order valence-electron chi connectivity index (χ2n) is 5.15. The van der Waals surface area contributed by atoms with Crippen LogP contribution < -0.4 is 10.2 Å². The molecular formula is C16H18N2O4S. The van der Waals surface area contributed by atoms with E-state index in [2.05, 4.69) is 5.32 Å². The summed E-state index contributed by atoms with van der Waals surface area (Å²) in [6.07, 6.45) is 0.363. The first kappa shape index (κ1) is 17.0. The van der Waals surface area contributed by atoms with Crippen LogP contribution in [0.4, 0.5) is 5.69 Å². The monoisotopic (exact) mass is 334 g/mol. The predicted molar refractivity (Wildman–Crippen MR) is 89.4 cm³/mol. The van der Waals surface area contributed by atoms with Crippen LogP contribution in [0.5, 0.6) is 0 Å². The number of carbonyl (C=O) groups is 2. The standard InChI is InChI=1S/C16H18N2O4S/c1-4-12-13(15(20)21)23-16(22)18(12)10(3)14(19)17-11-8-6-5-7-9(11)2/h5-8,10H,4H2,1-3H3,(H,17,19)(H,20,21). The molecule has 2 N–H and O–H groups in total. The van der Waals surface area contributed by atoms with Crippen molar-refractivity contribution in [2.75, 3.05) is 5.32 Å². The van der Waals surface area contributed by atoms with Gasteiger partial charge in [0, 0.05) is 11.4 Å². The molecule has 1 aromatic heterocycles. The van der Waals surface area contributed by atoms with Gasteiger partial charge in [-0.05, 0) is 31.9 Å². The van der Waals surface area contributed by atoms with Gasteiger partial charge in [-0.3, -0.25) is 14.2 Å². The molecule has 6 nitrogen and oxygen atoms in total. The maximum absolute atomic E-state index is 12.5. The molecule has 0 radical (unpaired) electrons. The molecule has 0 saturated heterocycles. The lowest BCUT2D eigenvalue weighted by molar-refractivity contribution is -0.118. The zero-order valence-corrected chi connectivity index (χ0v) is 13.9. The van der Waals surface area contributed by atoms with Crippen molar-refractivity contribution in [3.8, 4) is 0 Å². The average molecular weight is 334 g/mol. The summed E-state index contributed by atoms with van der Waals surface area (Å²) >= 11 is 0.657. The molecule has 1 unspecified atom stereocenters. The number of aryl methyl sites for hydroxylation is 1. The summed E-state index contributed by atoms with van der Waals surface area (Å²) in [6.45, 7) is 5.22. The van der Waals surface area contributed by atoms with Crippen molar-refractivity contribution in [1.82, 2.24) is 4.57 Å². The highest BCUT2D eigenvalue weighted by Gasteiger charge is 2.25. The number of hydrogen-bond donors (Lipinski definition) is 2. The topological polar surface area (TPSA) is 88.4 Å². The molecule has 7 heteroatoms. The molecule has 0 aliphatic rings. The minimum absolute atomic E-state index is 0.00644. The summed E-state index contributed by atoms with van der Waals surface area (Å²) in [5, 5.41) is 12.0. The van der Waals surface area contributed by atoms with Gasteiger partial charge < -0.3 is 10.4 Å². The fourth-order valence-electron chi connectivity index (χ4n) is 2.37. The first-order valence-electron chi connectivity index (χ1n) is 7.20. The van der Waals surface area contributed by atoms with Crippen molar-refractivity contribution < 1.29 is 14.7 Å². The van der Waals surface area contributed by atoms with Gasteiger partial charge in [-0.25, -0.2) is 4.79 Å². The van der Waals surface area contributed by atoms with Crippen LogP contribution in [0.1, 0.15) is 40.8 Å². The number of carbonyl (C=O) groups excluding carboxylic acids is 1. The van der Waals surface area contributed by atoms with Gasteiger partial charge >= 0.3 is 10.8 Å². The quantitative estimate of drug-likeness (QED) is 0.880. The highest BCUT2D eigenvalue weighted by atomic mass is 32.1. The van der Waals surface area contributed by atoms with Crippen LogP contribution >= 0.6 is 11.3 Å². The number of benzene rings is 1. The molecule has 0 saturated carbocycles. The molecule has 122 valence electrons. The number of carboxylic acids is 1. The lowest BCUT2D eigenvalue weighted by atomic mass is 10.2. The van der Waals surface area contributed by atoms with Gasteiger partial charge in [0.25, 0.3) is 0 Å². The molecule has 1 atom stereocenters. The number of nitrogens with one attached hydrogen (secondary N) is 1. The van der Waals surface area contributed by atoms with Gasteiger partial charge in [0.1, 0.15) is 10.9 Å². The van der Waals surface area contributed by atoms with Crippen LogP contribution in [-0.2, 0) is 11.2 Å². The third-order valence-electron chi connectivity index (χ3n) is 3.64. The normalized spacial score (nSPS) is 12.0. The molecule has 0 aliphatic carbocycles. The van der Waals surface area contributed by atoms with Gasteiger partial charge in [-0.1, -0.05) is 36.5 Å². The lowest BCUT2D eigenvalue weighted by Gasteiger charge is -2.16. The number of carboxylic acid groups (broad SMARTS) is 1. The number of para-hydroxylation sites is 1. The maximum atomic E-state index is 12.5. The van der Waals surface area contributed by atoms with Crippen LogP contribution in [0, 0.1) is 6.92 Å². The van der Waals surface area contributed by atoms with Crippen LogP contribution in [0.25, 0.3) is 0 Å². The Balaban J connectivity index is 2.35. The van der Waals surface area contributed by atoms with Crippen LogP contribution in [-0.4, -0.2) is 21.6 Å². The minimum atomic E-state index is -1.14. The molecule has 0 spiro atoms. The van der Waals surface area contributed by atoms with Gasteiger partial charge in [0.2, 0.25) is 5.91 Å². The highest BCUT2D eigenvalue weighted by Crippen LogP contribution is 2.20. The Kier molecular flexibility index (Phi) is 5.00. The molecule has 1 amide bonds. The van der Waals surface area contributed by atoms with Gasteiger partial charge in [0.05, 0.1) is 0 Å². The van der Waals surface area contributed by atoms with Crippen molar-refractivity contribution in [2.45, 2.75) is 33.2 Å². The van der Waals surface area contributed by atoms with E-state index in [1.807, 2.05) is 25.1 Å². The van der Waals surface area contributed by atoms with Crippen LogP contribution in [0.3, 0.4) is 0 Å². The molecule has 2 rings (SSSR count). The Labute approximate surface area is 137 Å². The fraction of sp³-hybridized carbons (Fsp3) is 0.312. The largest absolute Gasteiger partial charge is 0.477 e. The maximum Gasteiger partial charge on any atom is 0.347 e. The summed E-state index contributed by atoms with van der Waals surface area (Å²) in [5.74, 6) is -1.50. The number of aromatic carboxylic acids is 1. The van der Waals surface area contributed by atoms with E-state index in [1.54, 1.807) is 19.9 Å². The molecule has 2 aromatic rings. The van der Waals surface area contributed by atoms with Gasteiger partial charge in [-0.2, -0.15) is 0 Å². The molecule has 0 fully saturated rings. The third-order valence-corrected chi connectivity index (χ3v) is 4.62. The predicted octanol–water partition coefficient (Wildman–Crippen LogP) is 2.68. The van der Waals surface area contributed by atoms with E-state index < -0.39 is 16.9 Å². The first-order chi connectivity index (χ1) is 10.9. The zero-order chi connectivity index (χ0) is 17.1. The second kappa shape index (κ2) is 6.78. The molecule has 0 bridgehead atoms. The van der Waals surface area contributed by atoms with E-state index in [0.29, 0.717) is 29.1 Å². The SMILES string of the molecule is CCc1c(C(=O)O)sc(=O)n1C(C)C(=O)Nc1ccccc1C. The summed E-state index contributed by atoms with van der Waals surface area (Å²) < 4.78 is 1.27. The summed E-state index contributed by atoms with van der Waals surface area (Å²) in [4.78, 5) is 35.4. The molecule has 0 aliphatic heterocycles. The van der Waals surface area contributed by atoms with E-state index in [1.165, 1.54) is 4.57 Å². The van der Waals surface area contributed by atoms with Crippen molar-refractivity contribution >= 4 is 28.9 Å². The lowest BCUT2D eigenvalue weighted by Crippen LogP contribution is -2.30. The number of anilines is 1. The van der Waals surface area contributed by atoms with E-state index in [0.717, 1.165) is 5.56 Å². The number of amides is 1. The van der Waals surface area contributed by atoms with Crippen LogP contribution in [0.2, 0.25) is 0 Å². The molecule has 1 aromatic carbocycles. The Morgan fingerprint density at radius 2 is 2.00 bits per heavy atom. The molecule has 1 heterocycles. The van der Waals surface area contributed by atoms with Crippen molar-refractivity contribution in [2.24, 2.45) is 0 Å².